The Morgan fingerprint density at radius 2 is 2.09 bits per heavy atom. The van der Waals surface area contributed by atoms with E-state index in [1.165, 1.54) is 11.3 Å². The van der Waals surface area contributed by atoms with Crippen LogP contribution in [0.4, 0.5) is 10.8 Å². The summed E-state index contributed by atoms with van der Waals surface area (Å²) in [6.45, 7) is 6.54. The van der Waals surface area contributed by atoms with Gasteiger partial charge in [0.15, 0.2) is 5.01 Å². The highest BCUT2D eigenvalue weighted by atomic mass is 32.1. The highest BCUT2D eigenvalue weighted by Gasteiger charge is 2.49. The number of anilines is 2. The maximum Gasteiger partial charge on any atom is 0.220 e. The van der Waals surface area contributed by atoms with Gasteiger partial charge in [0.2, 0.25) is 11.0 Å². The summed E-state index contributed by atoms with van der Waals surface area (Å²) in [6, 6.07) is 10.0. The van der Waals surface area contributed by atoms with Crippen LogP contribution >= 0.6 is 11.3 Å². The van der Waals surface area contributed by atoms with Gasteiger partial charge in [-0.25, -0.2) is 4.52 Å². The molecular weight excluding hydrogens is 462 g/mol. The number of rotatable bonds is 5. The van der Waals surface area contributed by atoms with Gasteiger partial charge in [-0.15, -0.1) is 10.2 Å². The normalized spacial score (nSPS) is 16.5. The fourth-order valence-corrected chi connectivity index (χ4v) is 5.64. The van der Waals surface area contributed by atoms with Crippen molar-refractivity contribution in [2.75, 3.05) is 29.9 Å². The zero-order valence-corrected chi connectivity index (χ0v) is 20.1. The number of aromatic nitrogens is 5. The number of hydrogen-bond donors (Lipinski definition) is 2. The van der Waals surface area contributed by atoms with Crippen LogP contribution in [0.5, 0.6) is 0 Å². The molecule has 0 aliphatic carbocycles. The van der Waals surface area contributed by atoms with Crippen molar-refractivity contribution in [3.8, 4) is 28.0 Å². The van der Waals surface area contributed by atoms with E-state index in [0.29, 0.717) is 12.0 Å². The van der Waals surface area contributed by atoms with Crippen molar-refractivity contribution in [3.63, 3.8) is 0 Å². The van der Waals surface area contributed by atoms with Gasteiger partial charge in [0.25, 0.3) is 0 Å². The molecule has 4 aromatic heterocycles. The van der Waals surface area contributed by atoms with E-state index in [1.807, 2.05) is 24.4 Å². The van der Waals surface area contributed by atoms with E-state index in [9.17, 15) is 4.79 Å². The zero-order chi connectivity index (χ0) is 24.2. The first-order valence-electron chi connectivity index (χ1n) is 11.4. The summed E-state index contributed by atoms with van der Waals surface area (Å²) in [6.07, 6.45) is 3.97. The SMILES string of the molecule is CC(C)Nc1cc(-c2ccc3cc(C#N)cnn23)ncc1-c1nnc(N2CC3(CNC(=O)C3)C2)s1. The number of amides is 1. The summed E-state index contributed by atoms with van der Waals surface area (Å²) < 4.78 is 1.79. The van der Waals surface area contributed by atoms with Crippen LogP contribution in [0.1, 0.15) is 25.8 Å². The van der Waals surface area contributed by atoms with E-state index in [0.717, 1.165) is 57.9 Å². The van der Waals surface area contributed by atoms with Crippen LogP contribution in [0.2, 0.25) is 0 Å². The van der Waals surface area contributed by atoms with Crippen LogP contribution < -0.4 is 15.5 Å². The molecule has 6 rings (SSSR count). The van der Waals surface area contributed by atoms with Gasteiger partial charge in [0.1, 0.15) is 6.07 Å². The molecule has 11 heteroatoms. The minimum absolute atomic E-state index is 0.0402. The molecule has 0 saturated carbocycles. The smallest absolute Gasteiger partial charge is 0.220 e. The lowest BCUT2D eigenvalue weighted by molar-refractivity contribution is -0.119. The molecule has 2 N–H and O–H groups in total. The molecule has 1 spiro atoms. The Morgan fingerprint density at radius 1 is 1.23 bits per heavy atom. The molecule has 0 unspecified atom stereocenters. The number of carbonyl (C=O) groups is 1. The number of nitrogens with zero attached hydrogens (tertiary/aromatic N) is 7. The third-order valence-corrected chi connectivity index (χ3v) is 7.42. The maximum atomic E-state index is 11.6. The van der Waals surface area contributed by atoms with Crippen LogP contribution in [0.3, 0.4) is 0 Å². The summed E-state index contributed by atoms with van der Waals surface area (Å²) in [7, 11) is 0. The Kier molecular flexibility index (Phi) is 4.93. The highest BCUT2D eigenvalue weighted by Crippen LogP contribution is 2.42. The standard InChI is InChI=1S/C24H23N9OS/c1-14(2)29-18-6-19(20-4-3-16-5-15(8-25)9-28-33(16)20)26-10-17(18)22-30-31-23(35-22)32-12-24(13-32)7-21(34)27-11-24/h3-6,9-10,14H,7,11-13H2,1-2H3,(H,26,29)(H,27,34). The van der Waals surface area contributed by atoms with E-state index in [-0.39, 0.29) is 17.4 Å². The lowest BCUT2D eigenvalue weighted by atomic mass is 9.79. The topological polar surface area (TPSA) is 124 Å². The molecule has 0 bridgehead atoms. The van der Waals surface area contributed by atoms with Crippen molar-refractivity contribution in [2.24, 2.45) is 5.41 Å². The maximum absolute atomic E-state index is 11.6. The van der Waals surface area contributed by atoms with Crippen LogP contribution in [-0.4, -0.2) is 56.4 Å². The Labute approximate surface area is 205 Å². The molecule has 0 radical (unpaired) electrons. The lowest BCUT2D eigenvalue weighted by Crippen LogP contribution is -2.57. The van der Waals surface area contributed by atoms with Gasteiger partial charge < -0.3 is 15.5 Å². The fourth-order valence-electron chi connectivity index (χ4n) is 4.78. The Hall–Kier alpha value is -4.04. The minimum atomic E-state index is 0.0402. The molecule has 176 valence electrons. The van der Waals surface area contributed by atoms with E-state index in [2.05, 4.69) is 50.7 Å². The second-order valence-electron chi connectivity index (χ2n) is 9.52. The van der Waals surface area contributed by atoms with Crippen molar-refractivity contribution in [1.29, 1.82) is 5.26 Å². The van der Waals surface area contributed by atoms with Gasteiger partial charge in [-0.2, -0.15) is 10.4 Å². The van der Waals surface area contributed by atoms with Gasteiger partial charge in [-0.1, -0.05) is 11.3 Å². The molecule has 2 aliphatic heterocycles. The number of hydrogen-bond acceptors (Lipinski definition) is 9. The number of nitriles is 1. The van der Waals surface area contributed by atoms with Gasteiger partial charge in [0.05, 0.1) is 34.2 Å². The first-order chi connectivity index (χ1) is 16.9. The molecular formula is C24H23N9OS. The number of carbonyl (C=O) groups excluding carboxylic acids is 1. The molecule has 0 aromatic carbocycles. The molecule has 0 atom stereocenters. The zero-order valence-electron chi connectivity index (χ0n) is 19.3. The molecule has 35 heavy (non-hydrogen) atoms. The quantitative estimate of drug-likeness (QED) is 0.442. The molecule has 10 nitrogen and oxygen atoms in total. The Balaban J connectivity index is 1.31. The molecule has 6 heterocycles. The average Bonchev–Trinajstić information content (AvgIpc) is 3.55. The van der Waals surface area contributed by atoms with Crippen molar-refractivity contribution in [2.45, 2.75) is 26.3 Å². The van der Waals surface area contributed by atoms with Crippen LogP contribution in [0.25, 0.3) is 27.5 Å². The number of pyridine rings is 1. The van der Waals surface area contributed by atoms with Gasteiger partial charge in [0, 0.05) is 49.4 Å². The Morgan fingerprint density at radius 3 is 2.83 bits per heavy atom. The van der Waals surface area contributed by atoms with E-state index < -0.39 is 0 Å². The van der Waals surface area contributed by atoms with Gasteiger partial charge >= 0.3 is 0 Å². The minimum Gasteiger partial charge on any atom is -0.382 e. The van der Waals surface area contributed by atoms with Crippen LogP contribution in [-0.2, 0) is 4.79 Å². The number of fused-ring (bicyclic) bond motifs is 1. The summed E-state index contributed by atoms with van der Waals surface area (Å²) >= 11 is 1.53. The van der Waals surface area contributed by atoms with Crippen molar-refractivity contribution >= 4 is 33.6 Å². The van der Waals surface area contributed by atoms with Gasteiger partial charge in [-0.3, -0.25) is 9.78 Å². The van der Waals surface area contributed by atoms with Crippen molar-refractivity contribution in [3.05, 3.63) is 42.2 Å². The van der Waals surface area contributed by atoms with Gasteiger partial charge in [-0.05, 0) is 38.1 Å². The second-order valence-corrected chi connectivity index (χ2v) is 10.5. The van der Waals surface area contributed by atoms with Crippen LogP contribution in [0, 0.1) is 16.7 Å². The molecule has 2 saturated heterocycles. The summed E-state index contributed by atoms with van der Waals surface area (Å²) in [5.41, 5.74) is 4.81. The monoisotopic (exact) mass is 485 g/mol. The van der Waals surface area contributed by atoms with Crippen molar-refractivity contribution < 1.29 is 4.79 Å². The summed E-state index contributed by atoms with van der Waals surface area (Å²) in [4.78, 5) is 18.5. The fraction of sp³-hybridized carbons (Fsp3) is 0.333. The molecule has 4 aromatic rings. The predicted molar refractivity (Wildman–Crippen MR) is 133 cm³/mol. The average molecular weight is 486 g/mol. The molecule has 2 fully saturated rings. The third-order valence-electron chi connectivity index (χ3n) is 6.40. The third kappa shape index (κ3) is 3.76. The first-order valence-corrected chi connectivity index (χ1v) is 12.3. The highest BCUT2D eigenvalue weighted by molar-refractivity contribution is 7.18. The van der Waals surface area contributed by atoms with Crippen LogP contribution in [0.15, 0.2) is 36.7 Å². The predicted octanol–water partition coefficient (Wildman–Crippen LogP) is 2.93. The summed E-state index contributed by atoms with van der Waals surface area (Å²) in [5, 5.41) is 30.6. The Bertz CT molecular complexity index is 1490. The van der Waals surface area contributed by atoms with E-state index in [1.54, 1.807) is 16.8 Å². The van der Waals surface area contributed by atoms with E-state index in [4.69, 9.17) is 10.2 Å². The van der Waals surface area contributed by atoms with Crippen molar-refractivity contribution in [1.82, 2.24) is 30.1 Å². The number of nitrogens with one attached hydrogen (secondary N) is 2. The summed E-state index contributed by atoms with van der Waals surface area (Å²) in [5.74, 6) is 0.134. The molecule has 2 aliphatic rings. The first kappa shape index (κ1) is 21.5. The van der Waals surface area contributed by atoms with E-state index >= 15 is 0 Å². The lowest BCUT2D eigenvalue weighted by Gasteiger charge is -2.46. The second kappa shape index (κ2) is 8.02. The molecule has 1 amide bonds. The largest absolute Gasteiger partial charge is 0.382 e.